The summed E-state index contributed by atoms with van der Waals surface area (Å²) in [5.41, 5.74) is -0.804. The molecule has 2 amide bonds. The normalized spacial score (nSPS) is 21.7. The van der Waals surface area contributed by atoms with Crippen LogP contribution in [0.25, 0.3) is 0 Å². The molecule has 0 radical (unpaired) electrons. The fourth-order valence-electron chi connectivity index (χ4n) is 2.96. The van der Waals surface area contributed by atoms with Gasteiger partial charge in [-0.25, -0.2) is 4.79 Å². The van der Waals surface area contributed by atoms with Gasteiger partial charge >= 0.3 is 12.1 Å². The van der Waals surface area contributed by atoms with Crippen molar-refractivity contribution in [3.8, 4) is 0 Å². The van der Waals surface area contributed by atoms with E-state index in [-0.39, 0.29) is 18.6 Å². The summed E-state index contributed by atoms with van der Waals surface area (Å²) in [6, 6.07) is 0. The molecule has 1 saturated heterocycles. The highest BCUT2D eigenvalue weighted by Gasteiger charge is 2.54. The highest BCUT2D eigenvalue weighted by molar-refractivity contribution is 6.01. The predicted octanol–water partition coefficient (Wildman–Crippen LogP) is 1.90. The van der Waals surface area contributed by atoms with Gasteiger partial charge in [0.1, 0.15) is 5.92 Å². The molecule has 1 fully saturated rings. The van der Waals surface area contributed by atoms with Gasteiger partial charge in [0.15, 0.2) is 0 Å². The smallest absolute Gasteiger partial charge is 0.417 e. The molecule has 1 atom stereocenters. The SMILES string of the molecule is CCOC(=O)N1C=CC2(C=C1)CN(CC)C(=O)C2C(=O)OC(C)C. The molecule has 1 unspecified atom stereocenters. The quantitative estimate of drug-likeness (QED) is 0.579. The number of hydrogen-bond acceptors (Lipinski definition) is 5. The van der Waals surface area contributed by atoms with Crippen LogP contribution in [0.1, 0.15) is 27.7 Å². The van der Waals surface area contributed by atoms with Gasteiger partial charge in [-0.2, -0.15) is 0 Å². The molecule has 0 saturated carbocycles. The first-order chi connectivity index (χ1) is 11.3. The molecule has 2 heterocycles. The molecule has 0 aromatic heterocycles. The van der Waals surface area contributed by atoms with Crippen LogP contribution < -0.4 is 0 Å². The lowest BCUT2D eigenvalue weighted by molar-refractivity contribution is -0.157. The lowest BCUT2D eigenvalue weighted by Gasteiger charge is -2.30. The Morgan fingerprint density at radius 1 is 1.29 bits per heavy atom. The molecule has 0 aromatic carbocycles. The van der Waals surface area contributed by atoms with Gasteiger partial charge in [0, 0.05) is 30.9 Å². The lowest BCUT2D eigenvalue weighted by atomic mass is 9.76. The van der Waals surface area contributed by atoms with E-state index in [9.17, 15) is 14.4 Å². The average molecular weight is 336 g/mol. The Hall–Kier alpha value is -2.31. The van der Waals surface area contributed by atoms with E-state index in [1.165, 1.54) is 4.90 Å². The number of nitrogens with zero attached hydrogens (tertiary/aromatic N) is 2. The first kappa shape index (κ1) is 18.0. The largest absolute Gasteiger partial charge is 0.462 e. The number of esters is 1. The molecule has 2 rings (SSSR count). The highest BCUT2D eigenvalue weighted by atomic mass is 16.6. The summed E-state index contributed by atoms with van der Waals surface area (Å²) in [5, 5.41) is 0. The summed E-state index contributed by atoms with van der Waals surface area (Å²) in [7, 11) is 0. The molecule has 0 aliphatic carbocycles. The molecule has 1 spiro atoms. The van der Waals surface area contributed by atoms with Crippen molar-refractivity contribution < 1.29 is 23.9 Å². The third-order valence-corrected chi connectivity index (χ3v) is 4.10. The molecule has 24 heavy (non-hydrogen) atoms. The second-order valence-electron chi connectivity index (χ2n) is 6.12. The van der Waals surface area contributed by atoms with Gasteiger partial charge in [-0.1, -0.05) is 12.2 Å². The second-order valence-corrected chi connectivity index (χ2v) is 6.12. The minimum absolute atomic E-state index is 0.248. The van der Waals surface area contributed by atoms with Crippen molar-refractivity contribution in [1.82, 2.24) is 9.80 Å². The van der Waals surface area contributed by atoms with Crippen molar-refractivity contribution in [2.45, 2.75) is 33.8 Å². The molecular formula is C17H24N2O5. The van der Waals surface area contributed by atoms with Crippen LogP contribution in [-0.2, 0) is 19.1 Å². The number of likely N-dealkylation sites (tertiary alicyclic amines) is 1. The third-order valence-electron chi connectivity index (χ3n) is 4.10. The molecule has 0 N–H and O–H groups in total. The monoisotopic (exact) mass is 336 g/mol. The van der Waals surface area contributed by atoms with Gasteiger partial charge in [-0.05, 0) is 27.7 Å². The van der Waals surface area contributed by atoms with E-state index in [0.717, 1.165) is 0 Å². The molecule has 7 heteroatoms. The van der Waals surface area contributed by atoms with Crippen molar-refractivity contribution in [2.75, 3.05) is 19.7 Å². The second kappa shape index (κ2) is 7.07. The molecular weight excluding hydrogens is 312 g/mol. The van der Waals surface area contributed by atoms with E-state index >= 15 is 0 Å². The molecule has 2 aliphatic heterocycles. The minimum Gasteiger partial charge on any atom is -0.462 e. The first-order valence-corrected chi connectivity index (χ1v) is 8.17. The van der Waals surface area contributed by atoms with E-state index in [1.807, 2.05) is 6.92 Å². The van der Waals surface area contributed by atoms with Crippen LogP contribution in [0, 0.1) is 11.3 Å². The Bertz CT molecular complexity index is 568. The first-order valence-electron chi connectivity index (χ1n) is 8.17. The van der Waals surface area contributed by atoms with Crippen LogP contribution in [0.3, 0.4) is 0 Å². The Labute approximate surface area is 141 Å². The van der Waals surface area contributed by atoms with Crippen molar-refractivity contribution >= 4 is 18.0 Å². The maximum absolute atomic E-state index is 12.6. The Balaban J connectivity index is 2.28. The maximum atomic E-state index is 12.6. The van der Waals surface area contributed by atoms with E-state index in [4.69, 9.17) is 9.47 Å². The predicted molar refractivity (Wildman–Crippen MR) is 86.5 cm³/mol. The molecule has 0 aromatic rings. The fraction of sp³-hybridized carbons (Fsp3) is 0.588. The Morgan fingerprint density at radius 2 is 1.92 bits per heavy atom. The van der Waals surface area contributed by atoms with Crippen LogP contribution in [-0.4, -0.2) is 53.6 Å². The molecule has 2 aliphatic rings. The summed E-state index contributed by atoms with van der Waals surface area (Å²) in [5.74, 6) is -1.72. The van der Waals surface area contributed by atoms with Crippen LogP contribution in [0.15, 0.2) is 24.6 Å². The van der Waals surface area contributed by atoms with E-state index in [1.54, 1.807) is 50.2 Å². The van der Waals surface area contributed by atoms with Gasteiger partial charge in [-0.15, -0.1) is 0 Å². The zero-order valence-corrected chi connectivity index (χ0v) is 14.5. The Kier molecular flexibility index (Phi) is 5.31. The van der Waals surface area contributed by atoms with Gasteiger partial charge in [-0.3, -0.25) is 14.5 Å². The number of amides is 2. The van der Waals surface area contributed by atoms with Crippen molar-refractivity contribution in [3.05, 3.63) is 24.6 Å². The fourth-order valence-corrected chi connectivity index (χ4v) is 2.96. The number of carbonyl (C=O) groups is 3. The zero-order chi connectivity index (χ0) is 17.9. The van der Waals surface area contributed by atoms with Gasteiger partial charge in [0.25, 0.3) is 0 Å². The van der Waals surface area contributed by atoms with Crippen molar-refractivity contribution in [1.29, 1.82) is 0 Å². The van der Waals surface area contributed by atoms with Crippen molar-refractivity contribution in [3.63, 3.8) is 0 Å². The van der Waals surface area contributed by atoms with E-state index in [2.05, 4.69) is 0 Å². The van der Waals surface area contributed by atoms with Gasteiger partial charge in [0.2, 0.25) is 5.91 Å². The summed E-state index contributed by atoms with van der Waals surface area (Å²) >= 11 is 0. The molecule has 7 nitrogen and oxygen atoms in total. The minimum atomic E-state index is -0.934. The van der Waals surface area contributed by atoms with Crippen LogP contribution in [0.2, 0.25) is 0 Å². The van der Waals surface area contributed by atoms with E-state index in [0.29, 0.717) is 13.1 Å². The summed E-state index contributed by atoms with van der Waals surface area (Å²) in [6.07, 6.45) is 5.71. The van der Waals surface area contributed by atoms with Crippen molar-refractivity contribution in [2.24, 2.45) is 11.3 Å². The molecule has 132 valence electrons. The summed E-state index contributed by atoms with van der Waals surface area (Å²) in [4.78, 5) is 39.8. The van der Waals surface area contributed by atoms with Gasteiger partial charge in [0.05, 0.1) is 12.7 Å². The zero-order valence-electron chi connectivity index (χ0n) is 14.5. The number of carbonyl (C=O) groups excluding carboxylic acids is 3. The highest BCUT2D eigenvalue weighted by Crippen LogP contribution is 2.42. The standard InChI is InChI=1S/C17H24N2O5/c1-5-18-11-17(13(14(18)20)15(21)24-12(3)4)7-9-19(10-8-17)16(22)23-6-2/h7-10,12-13H,5-6,11H2,1-4H3. The van der Waals surface area contributed by atoms with Crippen LogP contribution in [0.5, 0.6) is 0 Å². The number of ether oxygens (including phenoxy) is 2. The lowest BCUT2D eigenvalue weighted by Crippen LogP contribution is -2.38. The topological polar surface area (TPSA) is 76.2 Å². The summed E-state index contributed by atoms with van der Waals surface area (Å²) < 4.78 is 10.2. The summed E-state index contributed by atoms with van der Waals surface area (Å²) in [6.45, 7) is 8.24. The average Bonchev–Trinajstić information content (AvgIpc) is 2.79. The number of hydrogen-bond donors (Lipinski definition) is 0. The van der Waals surface area contributed by atoms with Crippen LogP contribution >= 0.6 is 0 Å². The van der Waals surface area contributed by atoms with Gasteiger partial charge < -0.3 is 14.4 Å². The third kappa shape index (κ3) is 3.29. The van der Waals surface area contributed by atoms with E-state index < -0.39 is 23.4 Å². The number of rotatable bonds is 4. The van der Waals surface area contributed by atoms with Crippen LogP contribution in [0.4, 0.5) is 4.79 Å². The molecule has 0 bridgehead atoms. The Morgan fingerprint density at radius 3 is 2.42 bits per heavy atom. The maximum Gasteiger partial charge on any atom is 0.417 e.